The monoisotopic (exact) mass is 423 g/mol. The fraction of sp³-hybridized carbons (Fsp3) is 0.261. The fourth-order valence-electron chi connectivity index (χ4n) is 4.14. The van der Waals surface area contributed by atoms with Gasteiger partial charge in [0.2, 0.25) is 5.76 Å². The van der Waals surface area contributed by atoms with Crippen LogP contribution in [0.5, 0.6) is 0 Å². The minimum atomic E-state index is -0.389. The van der Waals surface area contributed by atoms with Gasteiger partial charge in [-0.15, -0.1) is 22.7 Å². The van der Waals surface area contributed by atoms with Gasteiger partial charge in [-0.25, -0.2) is 4.79 Å². The minimum absolute atomic E-state index is 0.203. The lowest BCUT2D eigenvalue weighted by molar-refractivity contribution is 0.0488. The number of ether oxygens (including phenoxy) is 1. The molecule has 3 aromatic heterocycles. The number of nitrogens with zero attached hydrogens (tertiary/aromatic N) is 1. The Hall–Kier alpha value is -2.41. The van der Waals surface area contributed by atoms with Crippen LogP contribution in [0.2, 0.25) is 0 Å². The maximum Gasteiger partial charge on any atom is 0.374 e. The second-order valence-electron chi connectivity index (χ2n) is 7.06. The maximum atomic E-state index is 12.6. The molecule has 0 saturated carbocycles. The summed E-state index contributed by atoms with van der Waals surface area (Å²) >= 11 is 3.62. The lowest BCUT2D eigenvalue weighted by atomic mass is 9.97. The van der Waals surface area contributed by atoms with Crippen LogP contribution in [0.15, 0.2) is 57.6 Å². The summed E-state index contributed by atoms with van der Waals surface area (Å²) in [4.78, 5) is 17.9. The van der Waals surface area contributed by atoms with E-state index in [0.717, 1.165) is 29.5 Å². The number of carbonyl (C=O) groups is 1. The van der Waals surface area contributed by atoms with E-state index < -0.39 is 0 Å². The predicted molar refractivity (Wildman–Crippen MR) is 117 cm³/mol. The summed E-state index contributed by atoms with van der Waals surface area (Å²) in [6.07, 6.45) is 1.03. The molecular weight excluding hydrogens is 402 g/mol. The normalized spacial score (nSPS) is 16.8. The highest BCUT2D eigenvalue weighted by Gasteiger charge is 2.32. The van der Waals surface area contributed by atoms with E-state index in [1.54, 1.807) is 11.3 Å². The van der Waals surface area contributed by atoms with Crippen LogP contribution in [0.4, 0.5) is 0 Å². The molecule has 4 nitrogen and oxygen atoms in total. The van der Waals surface area contributed by atoms with Crippen LogP contribution in [0.1, 0.15) is 44.4 Å². The highest BCUT2D eigenvalue weighted by Crippen LogP contribution is 2.41. The molecule has 0 spiro atoms. The first kappa shape index (κ1) is 18.6. The molecule has 0 amide bonds. The molecule has 1 atom stereocenters. The van der Waals surface area contributed by atoms with Crippen LogP contribution < -0.4 is 0 Å². The highest BCUT2D eigenvalue weighted by molar-refractivity contribution is 7.10. The molecule has 6 heteroatoms. The Bertz CT molecular complexity index is 1140. The van der Waals surface area contributed by atoms with Crippen molar-refractivity contribution < 1.29 is 13.9 Å². The second-order valence-corrected chi connectivity index (χ2v) is 9.04. The molecule has 0 radical (unpaired) electrons. The van der Waals surface area contributed by atoms with Crippen LogP contribution in [-0.2, 0) is 17.7 Å². The van der Waals surface area contributed by atoms with Crippen molar-refractivity contribution in [3.05, 3.63) is 79.9 Å². The molecule has 29 heavy (non-hydrogen) atoms. The van der Waals surface area contributed by atoms with Gasteiger partial charge in [0.15, 0.2) is 0 Å². The smallest absolute Gasteiger partial charge is 0.374 e. The van der Waals surface area contributed by atoms with Gasteiger partial charge in [-0.2, -0.15) is 0 Å². The summed E-state index contributed by atoms with van der Waals surface area (Å²) in [5.41, 5.74) is 3.03. The number of para-hydroxylation sites is 1. The molecule has 0 bridgehead atoms. The van der Waals surface area contributed by atoms with E-state index in [4.69, 9.17) is 9.15 Å². The van der Waals surface area contributed by atoms with E-state index in [2.05, 4.69) is 33.9 Å². The van der Waals surface area contributed by atoms with E-state index in [0.29, 0.717) is 18.9 Å². The Morgan fingerprint density at radius 1 is 1.17 bits per heavy atom. The first-order valence-corrected chi connectivity index (χ1v) is 11.5. The van der Waals surface area contributed by atoms with E-state index in [-0.39, 0.29) is 12.0 Å². The third kappa shape index (κ3) is 3.31. The van der Waals surface area contributed by atoms with Crippen molar-refractivity contribution in [2.24, 2.45) is 0 Å². The first-order valence-electron chi connectivity index (χ1n) is 9.77. The molecule has 1 aliphatic rings. The van der Waals surface area contributed by atoms with Crippen molar-refractivity contribution in [3.8, 4) is 0 Å². The minimum Gasteiger partial charge on any atom is -0.460 e. The third-order valence-corrected chi connectivity index (χ3v) is 7.32. The first-order chi connectivity index (χ1) is 14.3. The second kappa shape index (κ2) is 7.78. The zero-order chi connectivity index (χ0) is 19.8. The van der Waals surface area contributed by atoms with Crippen molar-refractivity contribution in [2.75, 3.05) is 13.2 Å². The molecular formula is C23H21NO3S2. The standard InChI is InChI=1S/C23H21NO3S2/c1-2-26-23(25)22-17(15-6-3-4-7-18(15)27-22)14-24-11-9-19-16(10-13-29-19)21(24)20-8-5-12-28-20/h3-8,10,12-13,21H,2,9,11,14H2,1H3. The third-order valence-electron chi connectivity index (χ3n) is 5.40. The summed E-state index contributed by atoms with van der Waals surface area (Å²) in [7, 11) is 0. The van der Waals surface area contributed by atoms with Crippen LogP contribution >= 0.6 is 22.7 Å². The number of benzene rings is 1. The largest absolute Gasteiger partial charge is 0.460 e. The molecule has 1 aliphatic heterocycles. The average Bonchev–Trinajstić information content (AvgIpc) is 3.48. The molecule has 0 aliphatic carbocycles. The summed E-state index contributed by atoms with van der Waals surface area (Å²) < 4.78 is 11.2. The molecule has 148 valence electrons. The topological polar surface area (TPSA) is 42.7 Å². The lowest BCUT2D eigenvalue weighted by Gasteiger charge is -2.35. The average molecular weight is 424 g/mol. The van der Waals surface area contributed by atoms with Crippen molar-refractivity contribution in [3.63, 3.8) is 0 Å². The number of rotatable bonds is 5. The number of thiophene rings is 2. The maximum absolute atomic E-state index is 12.6. The van der Waals surface area contributed by atoms with Gasteiger partial charge in [-0.1, -0.05) is 24.3 Å². The van der Waals surface area contributed by atoms with E-state index in [1.165, 1.54) is 15.3 Å². The number of hydrogen-bond acceptors (Lipinski definition) is 6. The molecule has 0 saturated heterocycles. The van der Waals surface area contributed by atoms with Crippen LogP contribution in [-0.4, -0.2) is 24.0 Å². The molecule has 0 fully saturated rings. The quantitative estimate of drug-likeness (QED) is 0.376. The fourth-order valence-corrected chi connectivity index (χ4v) is 5.92. The van der Waals surface area contributed by atoms with Gasteiger partial charge in [-0.05, 0) is 47.9 Å². The number of hydrogen-bond donors (Lipinski definition) is 0. The summed E-state index contributed by atoms with van der Waals surface area (Å²) in [6.45, 7) is 3.73. The van der Waals surface area contributed by atoms with Gasteiger partial charge < -0.3 is 9.15 Å². The Morgan fingerprint density at radius 2 is 2.07 bits per heavy atom. The van der Waals surface area contributed by atoms with E-state index >= 15 is 0 Å². The van der Waals surface area contributed by atoms with Gasteiger partial charge in [-0.3, -0.25) is 4.90 Å². The van der Waals surface area contributed by atoms with Crippen molar-refractivity contribution in [1.29, 1.82) is 0 Å². The molecule has 4 aromatic rings. The lowest BCUT2D eigenvalue weighted by Crippen LogP contribution is -2.34. The van der Waals surface area contributed by atoms with Crippen molar-refractivity contribution in [1.82, 2.24) is 4.90 Å². The van der Waals surface area contributed by atoms with Gasteiger partial charge in [0.25, 0.3) is 0 Å². The Labute approximate surface area is 177 Å². The van der Waals surface area contributed by atoms with Crippen molar-refractivity contribution >= 4 is 39.6 Å². The number of carbonyl (C=O) groups excluding carboxylic acids is 1. The summed E-state index contributed by atoms with van der Waals surface area (Å²) in [6, 6.07) is 14.6. The Kier molecular flexibility index (Phi) is 4.99. The van der Waals surface area contributed by atoms with Gasteiger partial charge in [0.1, 0.15) is 5.58 Å². The van der Waals surface area contributed by atoms with Gasteiger partial charge in [0.05, 0.1) is 12.6 Å². The van der Waals surface area contributed by atoms with Crippen LogP contribution in [0.3, 0.4) is 0 Å². The number of fused-ring (bicyclic) bond motifs is 2. The van der Waals surface area contributed by atoms with Gasteiger partial charge >= 0.3 is 5.97 Å². The molecule has 0 N–H and O–H groups in total. The Morgan fingerprint density at radius 3 is 2.90 bits per heavy atom. The number of esters is 1. The van der Waals surface area contributed by atoms with Crippen molar-refractivity contribution in [2.45, 2.75) is 25.9 Å². The van der Waals surface area contributed by atoms with Crippen LogP contribution in [0, 0.1) is 0 Å². The summed E-state index contributed by atoms with van der Waals surface area (Å²) in [5, 5.41) is 5.30. The molecule has 1 aromatic carbocycles. The SMILES string of the molecule is CCOC(=O)c1oc2ccccc2c1CN1CCc2sccc2C1c1cccs1. The van der Waals surface area contributed by atoms with E-state index in [1.807, 2.05) is 42.5 Å². The number of furan rings is 1. The van der Waals surface area contributed by atoms with Crippen LogP contribution in [0.25, 0.3) is 11.0 Å². The van der Waals surface area contributed by atoms with E-state index in [9.17, 15) is 4.79 Å². The zero-order valence-corrected chi connectivity index (χ0v) is 17.7. The molecule has 1 unspecified atom stereocenters. The molecule has 4 heterocycles. The Balaban J connectivity index is 1.58. The zero-order valence-electron chi connectivity index (χ0n) is 16.1. The predicted octanol–water partition coefficient (Wildman–Crippen LogP) is 5.88. The summed E-state index contributed by atoms with van der Waals surface area (Å²) in [5.74, 6) is -0.0614. The van der Waals surface area contributed by atoms with Gasteiger partial charge in [0, 0.05) is 33.8 Å². The molecule has 5 rings (SSSR count). The highest BCUT2D eigenvalue weighted by atomic mass is 32.1.